The largest absolute Gasteiger partial charge is 0.454 e. The molecule has 0 radical (unpaired) electrons. The van der Waals surface area contributed by atoms with Crippen molar-refractivity contribution in [2.75, 3.05) is 12.3 Å². The van der Waals surface area contributed by atoms with Crippen LogP contribution >= 0.6 is 23.5 Å². The summed E-state index contributed by atoms with van der Waals surface area (Å²) in [5, 5.41) is 3.81. The smallest absolute Gasteiger partial charge is 0.338 e. The van der Waals surface area contributed by atoms with Crippen molar-refractivity contribution in [2.24, 2.45) is 4.99 Å². The van der Waals surface area contributed by atoms with Crippen molar-refractivity contribution in [3.05, 3.63) is 71.3 Å². The molecular formula is C20H16FN3O3S2. The number of aromatic nitrogens is 2. The van der Waals surface area contributed by atoms with E-state index in [2.05, 4.69) is 15.1 Å². The summed E-state index contributed by atoms with van der Waals surface area (Å²) in [6.45, 7) is 0.731. The highest BCUT2D eigenvalue weighted by Crippen LogP contribution is 2.27. The minimum atomic E-state index is -0.449. The van der Waals surface area contributed by atoms with E-state index in [1.54, 1.807) is 47.8 Å². The zero-order valence-corrected chi connectivity index (χ0v) is 16.8. The second-order valence-corrected chi connectivity index (χ2v) is 8.35. The van der Waals surface area contributed by atoms with Crippen LogP contribution in [0, 0.1) is 5.82 Å². The first kappa shape index (κ1) is 19.7. The molecule has 0 spiro atoms. The highest BCUT2D eigenvalue weighted by Gasteiger charge is 2.16. The zero-order chi connectivity index (χ0) is 20.1. The lowest BCUT2D eigenvalue weighted by molar-refractivity contribution is 0.0458. The number of aliphatic imine (C=N–C) groups is 1. The van der Waals surface area contributed by atoms with E-state index in [1.807, 2.05) is 12.1 Å². The Morgan fingerprint density at radius 2 is 2.03 bits per heavy atom. The van der Waals surface area contributed by atoms with Gasteiger partial charge >= 0.3 is 5.97 Å². The lowest BCUT2D eigenvalue weighted by Gasteiger charge is -2.08. The quantitative estimate of drug-likeness (QED) is 0.531. The molecule has 6 nitrogen and oxygen atoms in total. The van der Waals surface area contributed by atoms with Crippen molar-refractivity contribution in [3.8, 4) is 11.5 Å². The minimum Gasteiger partial charge on any atom is -0.454 e. The van der Waals surface area contributed by atoms with Crippen molar-refractivity contribution in [2.45, 2.75) is 12.4 Å². The highest BCUT2D eigenvalue weighted by atomic mass is 32.2. The molecule has 0 amide bonds. The van der Waals surface area contributed by atoms with Gasteiger partial charge in [0.05, 0.1) is 12.1 Å². The van der Waals surface area contributed by atoms with Crippen LogP contribution in [0.3, 0.4) is 0 Å². The highest BCUT2D eigenvalue weighted by molar-refractivity contribution is 8.38. The Kier molecular flexibility index (Phi) is 6.26. The fraction of sp³-hybridized carbons (Fsp3) is 0.200. The van der Waals surface area contributed by atoms with Gasteiger partial charge in [-0.2, -0.15) is 4.98 Å². The van der Waals surface area contributed by atoms with Gasteiger partial charge in [0, 0.05) is 17.1 Å². The third kappa shape index (κ3) is 5.04. The Labute approximate surface area is 174 Å². The van der Waals surface area contributed by atoms with E-state index in [4.69, 9.17) is 9.26 Å². The Bertz CT molecular complexity index is 1040. The summed E-state index contributed by atoms with van der Waals surface area (Å²) in [5.74, 6) is 1.34. The Hall–Kier alpha value is -2.65. The molecule has 1 aliphatic rings. The molecule has 0 saturated carbocycles. The molecule has 29 heavy (non-hydrogen) atoms. The molecule has 1 aromatic heterocycles. The van der Waals surface area contributed by atoms with Gasteiger partial charge in [0.25, 0.3) is 5.89 Å². The normalized spacial score (nSPS) is 13.3. The van der Waals surface area contributed by atoms with Gasteiger partial charge in [-0.05, 0) is 35.9 Å². The van der Waals surface area contributed by atoms with E-state index in [0.717, 1.165) is 22.2 Å². The van der Waals surface area contributed by atoms with Crippen molar-refractivity contribution in [1.82, 2.24) is 10.1 Å². The second-order valence-electron chi connectivity index (χ2n) is 6.04. The number of hydrogen-bond acceptors (Lipinski definition) is 8. The Morgan fingerprint density at radius 3 is 2.83 bits per heavy atom. The van der Waals surface area contributed by atoms with Gasteiger partial charge < -0.3 is 9.26 Å². The molecule has 0 N–H and O–H groups in total. The van der Waals surface area contributed by atoms with Crippen LogP contribution in [0.15, 0.2) is 58.0 Å². The summed E-state index contributed by atoms with van der Waals surface area (Å²) >= 11 is 3.36. The van der Waals surface area contributed by atoms with E-state index in [9.17, 15) is 9.18 Å². The Morgan fingerprint density at radius 1 is 1.21 bits per heavy atom. The predicted octanol–water partition coefficient (Wildman–Crippen LogP) is 4.57. The van der Waals surface area contributed by atoms with Crippen molar-refractivity contribution >= 4 is 33.9 Å². The fourth-order valence-corrected chi connectivity index (χ4v) is 4.63. The molecule has 1 aliphatic heterocycles. The van der Waals surface area contributed by atoms with Gasteiger partial charge in [0.2, 0.25) is 5.82 Å². The van der Waals surface area contributed by atoms with Gasteiger partial charge in [-0.25, -0.2) is 9.18 Å². The molecular weight excluding hydrogens is 413 g/mol. The molecule has 9 heteroatoms. The van der Waals surface area contributed by atoms with Gasteiger partial charge in [-0.1, -0.05) is 46.9 Å². The van der Waals surface area contributed by atoms with Crippen LogP contribution in [0.2, 0.25) is 0 Å². The van der Waals surface area contributed by atoms with Crippen molar-refractivity contribution < 1.29 is 18.4 Å². The number of hydrogen-bond donors (Lipinski definition) is 0. The first-order valence-electron chi connectivity index (χ1n) is 8.82. The number of halogens is 1. The van der Waals surface area contributed by atoms with E-state index in [-0.39, 0.29) is 24.1 Å². The summed E-state index contributed by atoms with van der Waals surface area (Å²) in [6.07, 6.45) is 0. The predicted molar refractivity (Wildman–Crippen MR) is 111 cm³/mol. The number of ether oxygens (including phenoxy) is 1. The molecule has 2 aromatic carbocycles. The van der Waals surface area contributed by atoms with E-state index < -0.39 is 5.97 Å². The standard InChI is InChI=1S/C20H16FN3O3S2/c21-15-7-5-13(6-8-15)18-23-17(24-27-18)11-26-19(25)16-4-2-1-3-14(16)12-29-20-22-9-10-28-20/h1-8H,9-12H2. The van der Waals surface area contributed by atoms with E-state index in [1.165, 1.54) is 12.1 Å². The van der Waals surface area contributed by atoms with Crippen LogP contribution < -0.4 is 0 Å². The third-order valence-corrected chi connectivity index (χ3v) is 6.34. The van der Waals surface area contributed by atoms with E-state index >= 15 is 0 Å². The molecule has 0 atom stereocenters. The molecule has 3 aromatic rings. The second kappa shape index (κ2) is 9.23. The third-order valence-electron chi connectivity index (χ3n) is 4.04. The van der Waals surface area contributed by atoms with Crippen LogP contribution in [0.25, 0.3) is 11.5 Å². The number of thioether (sulfide) groups is 2. The molecule has 0 fully saturated rings. The lowest BCUT2D eigenvalue weighted by atomic mass is 10.1. The average molecular weight is 429 g/mol. The maximum Gasteiger partial charge on any atom is 0.338 e. The molecule has 0 saturated heterocycles. The fourth-order valence-electron chi connectivity index (χ4n) is 2.62. The summed E-state index contributed by atoms with van der Waals surface area (Å²) in [7, 11) is 0. The number of benzene rings is 2. The zero-order valence-electron chi connectivity index (χ0n) is 15.2. The SMILES string of the molecule is O=C(OCc1noc(-c2ccc(F)cc2)n1)c1ccccc1CSC1=NCCS1. The lowest BCUT2D eigenvalue weighted by Crippen LogP contribution is -2.09. The molecule has 0 unspecified atom stereocenters. The van der Waals surface area contributed by atoms with Crippen molar-refractivity contribution in [3.63, 3.8) is 0 Å². The number of carbonyl (C=O) groups excluding carboxylic acids is 1. The first-order chi connectivity index (χ1) is 14.2. The minimum absolute atomic E-state index is 0.117. The molecule has 0 bridgehead atoms. The van der Waals surface area contributed by atoms with Gasteiger partial charge in [-0.15, -0.1) is 0 Å². The van der Waals surface area contributed by atoms with E-state index in [0.29, 0.717) is 16.9 Å². The van der Waals surface area contributed by atoms with Crippen molar-refractivity contribution in [1.29, 1.82) is 0 Å². The van der Waals surface area contributed by atoms with Gasteiger partial charge in [-0.3, -0.25) is 4.99 Å². The maximum atomic E-state index is 13.0. The number of nitrogens with zero attached hydrogens (tertiary/aromatic N) is 3. The first-order valence-corrected chi connectivity index (χ1v) is 10.8. The topological polar surface area (TPSA) is 77.6 Å². The molecule has 0 aliphatic carbocycles. The van der Waals surface area contributed by atoms with Crippen LogP contribution in [-0.2, 0) is 17.1 Å². The molecule has 2 heterocycles. The number of esters is 1. The summed E-state index contributed by atoms with van der Waals surface area (Å²) in [4.78, 5) is 21.2. The number of carbonyl (C=O) groups is 1. The summed E-state index contributed by atoms with van der Waals surface area (Å²) in [6, 6.07) is 13.0. The van der Waals surface area contributed by atoms with Crippen LogP contribution in [0.4, 0.5) is 4.39 Å². The van der Waals surface area contributed by atoms with Gasteiger partial charge in [0.15, 0.2) is 6.61 Å². The maximum absolute atomic E-state index is 13.0. The molecule has 148 valence electrons. The number of rotatable bonds is 6. The van der Waals surface area contributed by atoms with Crippen LogP contribution in [0.5, 0.6) is 0 Å². The average Bonchev–Trinajstić information content (AvgIpc) is 3.43. The molecule has 4 rings (SSSR count). The van der Waals surface area contributed by atoms with Gasteiger partial charge in [0.1, 0.15) is 10.2 Å². The monoisotopic (exact) mass is 429 g/mol. The van der Waals surface area contributed by atoms with Crippen LogP contribution in [-0.4, -0.2) is 32.8 Å². The summed E-state index contributed by atoms with van der Waals surface area (Å²) < 4.78 is 24.6. The summed E-state index contributed by atoms with van der Waals surface area (Å²) in [5.41, 5.74) is 1.98. The Balaban J connectivity index is 1.38. The van der Waals surface area contributed by atoms with Crippen LogP contribution in [0.1, 0.15) is 21.7 Å².